The van der Waals surface area contributed by atoms with Crippen molar-refractivity contribution in [3.63, 3.8) is 0 Å². The number of benzene rings is 1. The summed E-state index contributed by atoms with van der Waals surface area (Å²) in [5.74, 6) is -1.91. The summed E-state index contributed by atoms with van der Waals surface area (Å²) < 4.78 is 77.6. The van der Waals surface area contributed by atoms with Gasteiger partial charge in [-0.15, -0.1) is 11.3 Å². The van der Waals surface area contributed by atoms with Gasteiger partial charge in [-0.05, 0) is 24.3 Å². The summed E-state index contributed by atoms with van der Waals surface area (Å²) in [5, 5.41) is 3.57. The molecule has 3 aromatic rings. The molecule has 0 radical (unpaired) electrons. The Morgan fingerprint density at radius 2 is 1.60 bits per heavy atom. The predicted molar refractivity (Wildman–Crippen MR) is 94.8 cm³/mol. The third-order valence-corrected chi connectivity index (χ3v) is 4.58. The van der Waals surface area contributed by atoms with E-state index in [1.807, 2.05) is 0 Å². The van der Waals surface area contributed by atoms with Gasteiger partial charge >= 0.3 is 12.4 Å². The molecule has 158 valence electrons. The Labute approximate surface area is 167 Å². The van der Waals surface area contributed by atoms with Gasteiger partial charge in [0.05, 0.1) is 16.8 Å². The summed E-state index contributed by atoms with van der Waals surface area (Å²) in [5.41, 5.74) is 1.94. The number of primary amides is 1. The maximum Gasteiger partial charge on any atom is 0.416 e. The van der Waals surface area contributed by atoms with Crippen molar-refractivity contribution in [3.05, 3.63) is 58.2 Å². The fourth-order valence-electron chi connectivity index (χ4n) is 2.40. The van der Waals surface area contributed by atoms with Gasteiger partial charge in [0.1, 0.15) is 5.69 Å². The van der Waals surface area contributed by atoms with Crippen LogP contribution in [-0.2, 0) is 12.4 Å². The van der Waals surface area contributed by atoms with Crippen molar-refractivity contribution in [3.8, 4) is 11.3 Å². The van der Waals surface area contributed by atoms with E-state index in [2.05, 4.69) is 15.3 Å². The molecular formula is C17H10F6N4O2S. The molecule has 2 amide bonds. The Balaban J connectivity index is 1.87. The van der Waals surface area contributed by atoms with Gasteiger partial charge in [-0.25, -0.2) is 4.98 Å². The Hall–Kier alpha value is -3.35. The lowest BCUT2D eigenvalue weighted by molar-refractivity contribution is -0.143. The lowest BCUT2D eigenvalue weighted by Gasteiger charge is -2.13. The number of anilines is 1. The molecule has 6 nitrogen and oxygen atoms in total. The van der Waals surface area contributed by atoms with E-state index in [9.17, 15) is 35.9 Å². The summed E-state index contributed by atoms with van der Waals surface area (Å²) in [6.07, 6.45) is -8.72. The van der Waals surface area contributed by atoms with Crippen LogP contribution in [0.3, 0.4) is 0 Å². The van der Waals surface area contributed by atoms with E-state index in [4.69, 9.17) is 5.73 Å². The Morgan fingerprint density at radius 3 is 2.10 bits per heavy atom. The molecule has 0 aliphatic heterocycles. The third-order valence-electron chi connectivity index (χ3n) is 3.82. The van der Waals surface area contributed by atoms with Gasteiger partial charge in [0.2, 0.25) is 0 Å². The van der Waals surface area contributed by atoms with Gasteiger partial charge < -0.3 is 10.7 Å². The van der Waals surface area contributed by atoms with E-state index in [0.717, 1.165) is 11.3 Å². The van der Waals surface area contributed by atoms with Gasteiger partial charge in [-0.1, -0.05) is 0 Å². The van der Waals surface area contributed by atoms with Gasteiger partial charge in [-0.3, -0.25) is 14.9 Å². The first-order valence-corrected chi connectivity index (χ1v) is 8.77. The number of aromatic nitrogens is 2. The van der Waals surface area contributed by atoms with E-state index in [1.165, 1.54) is 17.6 Å². The highest BCUT2D eigenvalue weighted by Crippen LogP contribution is 2.36. The molecule has 0 bridgehead atoms. The zero-order valence-corrected chi connectivity index (χ0v) is 15.3. The first-order chi connectivity index (χ1) is 13.8. The van der Waals surface area contributed by atoms with Crippen LogP contribution < -0.4 is 11.1 Å². The topological polar surface area (TPSA) is 101 Å². The van der Waals surface area contributed by atoms with Crippen molar-refractivity contribution < 1.29 is 35.9 Å². The van der Waals surface area contributed by atoms with E-state index >= 15 is 0 Å². The number of halogens is 6. The second-order valence-corrected chi connectivity index (χ2v) is 6.81. The number of carbonyl (C=O) groups is 2. The molecule has 13 heteroatoms. The quantitative estimate of drug-likeness (QED) is 0.512. The van der Waals surface area contributed by atoms with Crippen LogP contribution in [0.1, 0.15) is 32.0 Å². The van der Waals surface area contributed by atoms with Gasteiger partial charge in [0.15, 0.2) is 5.13 Å². The second kappa shape index (κ2) is 7.48. The molecule has 1 aromatic carbocycles. The van der Waals surface area contributed by atoms with Crippen LogP contribution in [0.4, 0.5) is 31.5 Å². The number of carbonyl (C=O) groups excluding carboxylic acids is 2. The molecule has 4 N–H and O–H groups in total. The second-order valence-electron chi connectivity index (χ2n) is 5.95. The van der Waals surface area contributed by atoms with Crippen molar-refractivity contribution in [2.24, 2.45) is 5.73 Å². The smallest absolute Gasteiger partial charge is 0.364 e. The Bertz CT molecular complexity index is 1080. The maximum atomic E-state index is 12.9. The Kier molecular flexibility index (Phi) is 5.33. The normalized spacial score (nSPS) is 12.1. The van der Waals surface area contributed by atoms with E-state index < -0.39 is 40.9 Å². The SMILES string of the molecule is NC(=O)c1cc(-c2csc(NC(=O)c3cc(C(F)(F)F)cc(C(F)(F)F)c3)n2)c[nH]1. The molecule has 0 atom stereocenters. The number of hydrogen-bond donors (Lipinski definition) is 3. The number of aromatic amines is 1. The zero-order chi connectivity index (χ0) is 22.3. The zero-order valence-electron chi connectivity index (χ0n) is 14.5. The summed E-state index contributed by atoms with van der Waals surface area (Å²) >= 11 is 0.887. The molecule has 2 heterocycles. The summed E-state index contributed by atoms with van der Waals surface area (Å²) in [7, 11) is 0. The molecule has 0 fully saturated rings. The van der Waals surface area contributed by atoms with Gasteiger partial charge in [0.25, 0.3) is 11.8 Å². The van der Waals surface area contributed by atoms with Gasteiger partial charge in [0, 0.05) is 22.7 Å². The lowest BCUT2D eigenvalue weighted by atomic mass is 10.0. The van der Waals surface area contributed by atoms with E-state index in [1.54, 1.807) is 0 Å². The molecule has 30 heavy (non-hydrogen) atoms. The monoisotopic (exact) mass is 448 g/mol. The number of nitrogens with zero attached hydrogens (tertiary/aromatic N) is 1. The summed E-state index contributed by atoms with van der Waals surface area (Å²) in [6.45, 7) is 0. The number of rotatable bonds is 4. The number of thiazole rings is 1. The minimum absolute atomic E-state index is 0.0669. The minimum atomic E-state index is -5.07. The molecule has 0 saturated heterocycles. The molecule has 0 saturated carbocycles. The number of H-pyrrole nitrogens is 1. The third kappa shape index (κ3) is 4.62. The lowest BCUT2D eigenvalue weighted by Crippen LogP contribution is -2.17. The van der Waals surface area contributed by atoms with E-state index in [-0.39, 0.29) is 16.9 Å². The van der Waals surface area contributed by atoms with Crippen LogP contribution in [0, 0.1) is 0 Å². The van der Waals surface area contributed by atoms with Crippen molar-refractivity contribution in [2.45, 2.75) is 12.4 Å². The van der Waals surface area contributed by atoms with Crippen LogP contribution in [0.2, 0.25) is 0 Å². The standard InChI is InChI=1S/C17H10F6N4O2S/c18-16(19,20)9-1-7(2-10(4-9)17(21,22)23)14(29)27-15-26-12(6-30-15)8-3-11(13(24)28)25-5-8/h1-6,25H,(H2,24,28)(H,26,27,29). The van der Waals surface area contributed by atoms with Crippen molar-refractivity contribution in [1.29, 1.82) is 0 Å². The molecule has 0 unspecified atom stereocenters. The highest BCUT2D eigenvalue weighted by atomic mass is 32.1. The van der Waals surface area contributed by atoms with Crippen LogP contribution in [-0.4, -0.2) is 21.8 Å². The summed E-state index contributed by atoms with van der Waals surface area (Å²) in [4.78, 5) is 30.0. The number of nitrogens with two attached hydrogens (primary N) is 1. The number of nitrogens with one attached hydrogen (secondary N) is 2. The highest BCUT2D eigenvalue weighted by molar-refractivity contribution is 7.14. The average molecular weight is 448 g/mol. The average Bonchev–Trinajstić information content (AvgIpc) is 3.29. The molecular weight excluding hydrogens is 438 g/mol. The number of hydrogen-bond acceptors (Lipinski definition) is 4. The molecule has 0 aliphatic rings. The molecule has 3 rings (SSSR count). The fourth-order valence-corrected chi connectivity index (χ4v) is 3.12. The van der Waals surface area contributed by atoms with E-state index in [0.29, 0.717) is 23.4 Å². The van der Waals surface area contributed by atoms with Crippen LogP contribution in [0.25, 0.3) is 11.3 Å². The number of amides is 2. The van der Waals surface area contributed by atoms with Crippen molar-refractivity contribution >= 4 is 28.3 Å². The fraction of sp³-hybridized carbons (Fsp3) is 0.118. The molecule has 0 spiro atoms. The van der Waals surface area contributed by atoms with Gasteiger partial charge in [-0.2, -0.15) is 26.3 Å². The highest BCUT2D eigenvalue weighted by Gasteiger charge is 2.37. The number of alkyl halides is 6. The molecule has 2 aromatic heterocycles. The van der Waals surface area contributed by atoms with Crippen LogP contribution in [0.5, 0.6) is 0 Å². The Morgan fingerprint density at radius 1 is 1.00 bits per heavy atom. The van der Waals surface area contributed by atoms with Crippen molar-refractivity contribution in [1.82, 2.24) is 9.97 Å². The largest absolute Gasteiger partial charge is 0.416 e. The van der Waals surface area contributed by atoms with Crippen molar-refractivity contribution in [2.75, 3.05) is 5.32 Å². The van der Waals surface area contributed by atoms with Crippen LogP contribution >= 0.6 is 11.3 Å². The summed E-state index contributed by atoms with van der Waals surface area (Å²) in [6, 6.07) is 1.97. The minimum Gasteiger partial charge on any atom is -0.364 e. The maximum absolute atomic E-state index is 12.9. The first kappa shape index (κ1) is 21.4. The first-order valence-electron chi connectivity index (χ1n) is 7.89. The van der Waals surface area contributed by atoms with Crippen LogP contribution in [0.15, 0.2) is 35.8 Å². The predicted octanol–water partition coefficient (Wildman–Crippen LogP) is 4.53. The molecule has 0 aliphatic carbocycles.